The fraction of sp³-hybridized carbons (Fsp3) is 0.938. The van der Waals surface area contributed by atoms with Gasteiger partial charge in [-0.25, -0.2) is 0 Å². The summed E-state index contributed by atoms with van der Waals surface area (Å²) in [5.41, 5.74) is 0.194. The van der Waals surface area contributed by atoms with Crippen LogP contribution in [0.25, 0.3) is 0 Å². The molecule has 1 amide bonds. The first-order chi connectivity index (χ1) is 10.3. The first kappa shape index (κ1) is 15.3. The van der Waals surface area contributed by atoms with Gasteiger partial charge in [0.1, 0.15) is 6.04 Å². The predicted octanol–water partition coefficient (Wildman–Crippen LogP) is 1.22. The van der Waals surface area contributed by atoms with Crippen LogP contribution in [0.15, 0.2) is 0 Å². The van der Waals surface area contributed by atoms with Crippen molar-refractivity contribution in [3.05, 3.63) is 0 Å². The van der Waals surface area contributed by atoms with Crippen LogP contribution in [0.5, 0.6) is 0 Å². The van der Waals surface area contributed by atoms with E-state index in [1.165, 1.54) is 32.1 Å². The van der Waals surface area contributed by atoms with Gasteiger partial charge in [0.2, 0.25) is 5.91 Å². The molecule has 0 aromatic carbocycles. The molecule has 1 saturated heterocycles. The van der Waals surface area contributed by atoms with Crippen molar-refractivity contribution in [3.8, 4) is 0 Å². The summed E-state index contributed by atoms with van der Waals surface area (Å²) in [4.78, 5) is 12.4. The highest BCUT2D eigenvalue weighted by atomic mass is 16.5. The number of amides is 1. The van der Waals surface area contributed by atoms with Crippen LogP contribution in [0.3, 0.4) is 0 Å². The molecule has 5 heteroatoms. The lowest BCUT2D eigenvalue weighted by molar-refractivity contribution is -0.158. The van der Waals surface area contributed by atoms with E-state index in [1.807, 2.05) is 0 Å². The highest BCUT2D eigenvalue weighted by molar-refractivity contribution is 5.82. The van der Waals surface area contributed by atoms with Gasteiger partial charge < -0.3 is 20.1 Å². The molecule has 0 aromatic heterocycles. The Morgan fingerprint density at radius 3 is 2.86 bits per heavy atom. The third kappa shape index (κ3) is 2.96. The van der Waals surface area contributed by atoms with Crippen molar-refractivity contribution >= 4 is 5.91 Å². The Bertz CT molecular complexity index is 363. The Morgan fingerprint density at radius 2 is 2.19 bits per heavy atom. The number of morpholine rings is 1. The highest BCUT2D eigenvalue weighted by Gasteiger charge is 2.56. The zero-order valence-electron chi connectivity index (χ0n) is 13.0. The molecular formula is C16H28N2O3. The van der Waals surface area contributed by atoms with Crippen molar-refractivity contribution in [2.75, 3.05) is 26.4 Å². The Hall–Kier alpha value is -0.650. The smallest absolute Gasteiger partial charge is 0.239 e. The summed E-state index contributed by atoms with van der Waals surface area (Å²) in [7, 11) is 0. The minimum absolute atomic E-state index is 0.0968. The van der Waals surface area contributed by atoms with Gasteiger partial charge in [-0.05, 0) is 26.2 Å². The lowest BCUT2D eigenvalue weighted by Gasteiger charge is -2.57. The molecule has 5 nitrogen and oxygen atoms in total. The molecule has 0 radical (unpaired) electrons. The van der Waals surface area contributed by atoms with E-state index in [0.717, 1.165) is 19.6 Å². The molecule has 1 spiro atoms. The molecule has 3 fully saturated rings. The number of rotatable bonds is 4. The van der Waals surface area contributed by atoms with Crippen LogP contribution in [0.2, 0.25) is 0 Å². The Labute approximate surface area is 127 Å². The molecule has 3 atom stereocenters. The highest BCUT2D eigenvalue weighted by Crippen LogP contribution is 2.53. The molecule has 2 aliphatic carbocycles. The third-order valence-corrected chi connectivity index (χ3v) is 5.49. The third-order valence-electron chi connectivity index (χ3n) is 5.49. The van der Waals surface area contributed by atoms with Crippen LogP contribution in [0.1, 0.15) is 45.4 Å². The number of hydrogen-bond acceptors (Lipinski definition) is 4. The van der Waals surface area contributed by atoms with E-state index in [-0.39, 0.29) is 23.4 Å². The van der Waals surface area contributed by atoms with Gasteiger partial charge in [0.05, 0.1) is 19.3 Å². The first-order valence-electron chi connectivity index (χ1n) is 8.49. The topological polar surface area (TPSA) is 59.6 Å². The maximum absolute atomic E-state index is 12.4. The second-order valence-corrected chi connectivity index (χ2v) is 6.62. The summed E-state index contributed by atoms with van der Waals surface area (Å²) in [5, 5.41) is 6.51. The average Bonchev–Trinajstić information content (AvgIpc) is 2.55. The van der Waals surface area contributed by atoms with E-state index in [9.17, 15) is 4.79 Å². The van der Waals surface area contributed by atoms with Gasteiger partial charge in [0, 0.05) is 24.6 Å². The minimum Gasteiger partial charge on any atom is -0.378 e. The van der Waals surface area contributed by atoms with E-state index in [0.29, 0.717) is 19.3 Å². The van der Waals surface area contributed by atoms with Gasteiger partial charge in [0.25, 0.3) is 0 Å². The SMILES string of the molecule is CCOC1CC(NC(=O)C2COCCN2)C12CCCCC2. The summed E-state index contributed by atoms with van der Waals surface area (Å²) in [6.45, 7) is 4.77. The second kappa shape index (κ2) is 6.63. The Kier molecular flexibility index (Phi) is 4.82. The molecule has 2 N–H and O–H groups in total. The summed E-state index contributed by atoms with van der Waals surface area (Å²) in [6, 6.07) is 0.0936. The molecule has 3 unspecified atom stereocenters. The Balaban J connectivity index is 1.60. The van der Waals surface area contributed by atoms with Gasteiger partial charge in [-0.15, -0.1) is 0 Å². The van der Waals surface area contributed by atoms with E-state index >= 15 is 0 Å². The van der Waals surface area contributed by atoms with Crippen molar-refractivity contribution in [2.45, 2.75) is 63.6 Å². The van der Waals surface area contributed by atoms with Crippen LogP contribution in [-0.2, 0) is 14.3 Å². The van der Waals surface area contributed by atoms with Crippen molar-refractivity contribution < 1.29 is 14.3 Å². The maximum atomic E-state index is 12.4. The fourth-order valence-corrected chi connectivity index (χ4v) is 4.27. The average molecular weight is 296 g/mol. The molecule has 0 aromatic rings. The zero-order valence-corrected chi connectivity index (χ0v) is 13.0. The number of carbonyl (C=O) groups is 1. The molecule has 120 valence electrons. The molecule has 3 rings (SSSR count). The van der Waals surface area contributed by atoms with E-state index in [4.69, 9.17) is 9.47 Å². The number of nitrogens with one attached hydrogen (secondary N) is 2. The number of carbonyl (C=O) groups excluding carboxylic acids is 1. The predicted molar refractivity (Wildman–Crippen MR) is 80.1 cm³/mol. The summed E-state index contributed by atoms with van der Waals surface area (Å²) in [6.07, 6.45) is 7.53. The minimum atomic E-state index is -0.189. The van der Waals surface area contributed by atoms with Gasteiger partial charge in [0.15, 0.2) is 0 Å². The monoisotopic (exact) mass is 296 g/mol. The molecule has 0 bridgehead atoms. The number of ether oxygens (including phenoxy) is 2. The van der Waals surface area contributed by atoms with Crippen molar-refractivity contribution in [3.63, 3.8) is 0 Å². The number of hydrogen-bond donors (Lipinski definition) is 2. The largest absolute Gasteiger partial charge is 0.378 e. The van der Waals surface area contributed by atoms with Crippen LogP contribution < -0.4 is 10.6 Å². The second-order valence-electron chi connectivity index (χ2n) is 6.62. The van der Waals surface area contributed by atoms with E-state index in [1.54, 1.807) is 0 Å². The Morgan fingerprint density at radius 1 is 1.38 bits per heavy atom. The van der Waals surface area contributed by atoms with Gasteiger partial charge in [-0.3, -0.25) is 4.79 Å². The molecule has 3 aliphatic rings. The maximum Gasteiger partial charge on any atom is 0.239 e. The van der Waals surface area contributed by atoms with Crippen LogP contribution in [0, 0.1) is 5.41 Å². The fourth-order valence-electron chi connectivity index (χ4n) is 4.27. The quantitative estimate of drug-likeness (QED) is 0.819. The van der Waals surface area contributed by atoms with Gasteiger partial charge >= 0.3 is 0 Å². The summed E-state index contributed by atoms with van der Waals surface area (Å²) in [5.74, 6) is 0.0968. The van der Waals surface area contributed by atoms with Crippen molar-refractivity contribution in [1.82, 2.24) is 10.6 Å². The molecule has 1 heterocycles. The van der Waals surface area contributed by atoms with Gasteiger partial charge in [-0.1, -0.05) is 19.3 Å². The summed E-state index contributed by atoms with van der Waals surface area (Å²) >= 11 is 0. The van der Waals surface area contributed by atoms with Crippen LogP contribution in [0.4, 0.5) is 0 Å². The lowest BCUT2D eigenvalue weighted by Crippen LogP contribution is -2.67. The molecule has 21 heavy (non-hydrogen) atoms. The molecular weight excluding hydrogens is 268 g/mol. The molecule has 2 saturated carbocycles. The zero-order chi connectivity index (χ0) is 14.7. The normalized spacial score (nSPS) is 35.2. The lowest BCUT2D eigenvalue weighted by atomic mass is 9.55. The summed E-state index contributed by atoms with van der Waals surface area (Å²) < 4.78 is 11.3. The van der Waals surface area contributed by atoms with Gasteiger partial charge in [-0.2, -0.15) is 0 Å². The van der Waals surface area contributed by atoms with E-state index in [2.05, 4.69) is 17.6 Å². The molecule has 1 aliphatic heterocycles. The van der Waals surface area contributed by atoms with Crippen LogP contribution in [-0.4, -0.2) is 50.5 Å². The van der Waals surface area contributed by atoms with E-state index < -0.39 is 0 Å². The van der Waals surface area contributed by atoms with Crippen molar-refractivity contribution in [2.24, 2.45) is 5.41 Å². The standard InChI is InChI=1S/C16H28N2O3/c1-2-21-14-10-13(16(14)6-4-3-5-7-16)18-15(19)12-11-20-9-8-17-12/h12-14,17H,2-11H2,1H3,(H,18,19). The van der Waals surface area contributed by atoms with Crippen molar-refractivity contribution in [1.29, 1.82) is 0 Å². The first-order valence-corrected chi connectivity index (χ1v) is 8.49. The van der Waals surface area contributed by atoms with Crippen LogP contribution >= 0.6 is 0 Å².